The molecule has 0 saturated carbocycles. The maximum absolute atomic E-state index is 14.7. The molecule has 10 heteroatoms. The first kappa shape index (κ1) is 18.7. The molecular formula is C21H16FN7O2. The Bertz CT molecular complexity index is 1340. The Labute approximate surface area is 175 Å². The summed E-state index contributed by atoms with van der Waals surface area (Å²) in [5, 5.41) is 4.40. The third-order valence-corrected chi connectivity index (χ3v) is 4.83. The molecule has 0 bridgehead atoms. The van der Waals surface area contributed by atoms with E-state index in [0.29, 0.717) is 11.5 Å². The zero-order chi connectivity index (χ0) is 21.5. The SMILES string of the molecule is CC1OC(C(N)=O)=CN1c1ccc(F)c(-c2nc3ncc(-c4ccccn4)cn3n2)c1. The number of carbonyl (C=O) groups is 1. The Hall–Kier alpha value is -4.34. The number of halogens is 1. The summed E-state index contributed by atoms with van der Waals surface area (Å²) in [7, 11) is 0. The van der Waals surface area contributed by atoms with Gasteiger partial charge in [0.2, 0.25) is 5.76 Å². The number of hydrogen-bond acceptors (Lipinski definition) is 7. The summed E-state index contributed by atoms with van der Waals surface area (Å²) >= 11 is 0. The summed E-state index contributed by atoms with van der Waals surface area (Å²) in [6, 6.07) is 10.0. The van der Waals surface area contributed by atoms with Crippen LogP contribution in [0.2, 0.25) is 0 Å². The molecular weight excluding hydrogens is 401 g/mol. The predicted octanol–water partition coefficient (Wildman–Crippen LogP) is 2.50. The highest BCUT2D eigenvalue weighted by Crippen LogP contribution is 2.31. The number of ether oxygens (including phenoxy) is 1. The van der Waals surface area contributed by atoms with Crippen LogP contribution in [0, 0.1) is 5.82 Å². The molecule has 0 spiro atoms. The summed E-state index contributed by atoms with van der Waals surface area (Å²) in [6.45, 7) is 1.75. The Balaban J connectivity index is 1.54. The summed E-state index contributed by atoms with van der Waals surface area (Å²) in [6.07, 6.45) is 6.08. The van der Waals surface area contributed by atoms with Crippen molar-refractivity contribution in [3.63, 3.8) is 0 Å². The summed E-state index contributed by atoms with van der Waals surface area (Å²) in [5.74, 6) is -0.620. The minimum atomic E-state index is -0.673. The van der Waals surface area contributed by atoms with Crippen LogP contribution in [-0.2, 0) is 9.53 Å². The Morgan fingerprint density at radius 2 is 2.10 bits per heavy atom. The molecule has 1 aliphatic heterocycles. The summed E-state index contributed by atoms with van der Waals surface area (Å²) < 4.78 is 21.6. The van der Waals surface area contributed by atoms with Gasteiger partial charge in [-0.25, -0.2) is 13.9 Å². The van der Waals surface area contributed by atoms with Gasteiger partial charge in [-0.15, -0.1) is 5.10 Å². The van der Waals surface area contributed by atoms with Crippen molar-refractivity contribution in [3.8, 4) is 22.6 Å². The van der Waals surface area contributed by atoms with Crippen LogP contribution in [0.25, 0.3) is 28.4 Å². The lowest BCUT2D eigenvalue weighted by molar-refractivity contribution is -0.118. The number of nitrogens with zero attached hydrogens (tertiary/aromatic N) is 6. The predicted molar refractivity (Wildman–Crippen MR) is 110 cm³/mol. The lowest BCUT2D eigenvalue weighted by atomic mass is 10.1. The van der Waals surface area contributed by atoms with Crippen LogP contribution in [0.5, 0.6) is 0 Å². The zero-order valence-electron chi connectivity index (χ0n) is 16.3. The second kappa shape index (κ2) is 7.17. The number of anilines is 1. The maximum Gasteiger partial charge on any atom is 0.285 e. The number of primary amides is 1. The highest BCUT2D eigenvalue weighted by atomic mass is 19.1. The number of hydrogen-bond donors (Lipinski definition) is 1. The minimum absolute atomic E-state index is 0.0375. The summed E-state index contributed by atoms with van der Waals surface area (Å²) in [4.78, 5) is 26.0. The highest BCUT2D eigenvalue weighted by Gasteiger charge is 2.27. The van der Waals surface area contributed by atoms with Crippen LogP contribution in [-0.4, -0.2) is 36.7 Å². The van der Waals surface area contributed by atoms with Gasteiger partial charge in [-0.2, -0.15) is 4.98 Å². The largest absolute Gasteiger partial charge is 0.463 e. The molecule has 1 aliphatic rings. The standard InChI is InChI=1S/C21H16FN7O2/c1-12-28(11-18(31-12)19(23)30)14-5-6-16(22)15(8-14)20-26-21-25-9-13(10-29(21)27-20)17-4-2-3-7-24-17/h2-12H,1H3,(H2,23,30). The van der Waals surface area contributed by atoms with Crippen LogP contribution >= 0.6 is 0 Å². The Kier molecular flexibility index (Phi) is 4.32. The molecule has 4 aromatic rings. The molecule has 0 fully saturated rings. The fraction of sp³-hybridized carbons (Fsp3) is 0.0952. The third-order valence-electron chi connectivity index (χ3n) is 4.83. The Morgan fingerprint density at radius 1 is 1.23 bits per heavy atom. The van der Waals surface area contributed by atoms with E-state index in [1.54, 1.807) is 42.5 Å². The van der Waals surface area contributed by atoms with Crippen molar-refractivity contribution in [2.24, 2.45) is 5.73 Å². The molecule has 1 aromatic carbocycles. The number of rotatable bonds is 4. The molecule has 3 aromatic heterocycles. The average molecular weight is 417 g/mol. The van der Waals surface area contributed by atoms with E-state index in [1.807, 2.05) is 18.2 Å². The van der Waals surface area contributed by atoms with Crippen LogP contribution in [0.3, 0.4) is 0 Å². The Morgan fingerprint density at radius 3 is 2.84 bits per heavy atom. The third kappa shape index (κ3) is 3.33. The van der Waals surface area contributed by atoms with E-state index in [-0.39, 0.29) is 17.1 Å². The van der Waals surface area contributed by atoms with Crippen molar-refractivity contribution in [1.29, 1.82) is 0 Å². The van der Waals surface area contributed by atoms with E-state index in [9.17, 15) is 9.18 Å². The number of aromatic nitrogens is 5. The van der Waals surface area contributed by atoms with E-state index in [4.69, 9.17) is 10.5 Å². The second-order valence-electron chi connectivity index (χ2n) is 6.88. The lowest BCUT2D eigenvalue weighted by Gasteiger charge is -2.21. The van der Waals surface area contributed by atoms with E-state index in [2.05, 4.69) is 20.1 Å². The van der Waals surface area contributed by atoms with Gasteiger partial charge in [0.25, 0.3) is 11.7 Å². The van der Waals surface area contributed by atoms with Gasteiger partial charge in [0, 0.05) is 29.8 Å². The van der Waals surface area contributed by atoms with E-state index in [0.717, 1.165) is 11.3 Å². The first-order valence-electron chi connectivity index (χ1n) is 9.40. The van der Waals surface area contributed by atoms with Gasteiger partial charge < -0.3 is 15.4 Å². The number of amides is 1. The van der Waals surface area contributed by atoms with Crippen molar-refractivity contribution >= 4 is 17.4 Å². The van der Waals surface area contributed by atoms with Gasteiger partial charge in [0.1, 0.15) is 5.82 Å². The summed E-state index contributed by atoms with van der Waals surface area (Å²) in [5.41, 5.74) is 7.57. The van der Waals surface area contributed by atoms with Crippen molar-refractivity contribution in [3.05, 3.63) is 72.8 Å². The molecule has 1 unspecified atom stereocenters. The first-order chi connectivity index (χ1) is 15.0. The van der Waals surface area contributed by atoms with Crippen molar-refractivity contribution in [1.82, 2.24) is 24.6 Å². The molecule has 9 nitrogen and oxygen atoms in total. The number of fused-ring (bicyclic) bond motifs is 1. The molecule has 31 heavy (non-hydrogen) atoms. The van der Waals surface area contributed by atoms with Gasteiger partial charge in [0.15, 0.2) is 12.1 Å². The lowest BCUT2D eigenvalue weighted by Crippen LogP contribution is -2.24. The van der Waals surface area contributed by atoms with Crippen LogP contribution in [0.4, 0.5) is 10.1 Å². The van der Waals surface area contributed by atoms with Gasteiger partial charge in [-0.3, -0.25) is 9.78 Å². The molecule has 1 amide bonds. The topological polar surface area (TPSA) is 112 Å². The van der Waals surface area contributed by atoms with Crippen LogP contribution in [0.15, 0.2) is 66.9 Å². The molecule has 4 heterocycles. The second-order valence-corrected chi connectivity index (χ2v) is 6.88. The molecule has 154 valence electrons. The van der Waals surface area contributed by atoms with E-state index in [1.165, 1.54) is 16.8 Å². The van der Waals surface area contributed by atoms with Gasteiger partial charge in [-0.05, 0) is 37.3 Å². The maximum atomic E-state index is 14.7. The smallest absolute Gasteiger partial charge is 0.285 e. The first-order valence-corrected chi connectivity index (χ1v) is 9.40. The van der Waals surface area contributed by atoms with E-state index >= 15 is 0 Å². The molecule has 1 atom stereocenters. The highest BCUT2D eigenvalue weighted by molar-refractivity contribution is 5.91. The number of carbonyl (C=O) groups excluding carboxylic acids is 1. The van der Waals surface area contributed by atoms with Gasteiger partial charge in [-0.1, -0.05) is 6.07 Å². The molecule has 0 saturated heterocycles. The number of pyridine rings is 1. The fourth-order valence-electron chi connectivity index (χ4n) is 3.32. The monoisotopic (exact) mass is 417 g/mol. The van der Waals surface area contributed by atoms with E-state index < -0.39 is 18.0 Å². The van der Waals surface area contributed by atoms with Gasteiger partial charge in [0.05, 0.1) is 17.5 Å². The fourth-order valence-corrected chi connectivity index (χ4v) is 3.32. The van der Waals surface area contributed by atoms with Crippen molar-refractivity contribution < 1.29 is 13.9 Å². The zero-order valence-corrected chi connectivity index (χ0v) is 16.3. The number of nitrogens with two attached hydrogens (primary N) is 1. The normalized spacial score (nSPS) is 15.7. The van der Waals surface area contributed by atoms with Crippen LogP contribution in [0.1, 0.15) is 6.92 Å². The van der Waals surface area contributed by atoms with Crippen LogP contribution < -0.4 is 10.6 Å². The van der Waals surface area contributed by atoms with Gasteiger partial charge >= 0.3 is 0 Å². The van der Waals surface area contributed by atoms with Crippen molar-refractivity contribution in [2.45, 2.75) is 13.2 Å². The average Bonchev–Trinajstić information content (AvgIpc) is 3.38. The quantitative estimate of drug-likeness (QED) is 0.543. The number of benzene rings is 1. The molecule has 0 radical (unpaired) electrons. The van der Waals surface area contributed by atoms with Crippen molar-refractivity contribution in [2.75, 3.05) is 4.90 Å². The molecule has 0 aliphatic carbocycles. The molecule has 5 rings (SSSR count). The minimum Gasteiger partial charge on any atom is -0.463 e. The molecule has 2 N–H and O–H groups in total.